The van der Waals surface area contributed by atoms with Crippen LogP contribution in [0.1, 0.15) is 31.7 Å². The Morgan fingerprint density at radius 1 is 1.03 bits per heavy atom. The van der Waals surface area contributed by atoms with E-state index in [1.165, 1.54) is 12.2 Å². The summed E-state index contributed by atoms with van der Waals surface area (Å²) in [6.45, 7) is 8.56. The summed E-state index contributed by atoms with van der Waals surface area (Å²) in [5, 5.41) is 16.7. The van der Waals surface area contributed by atoms with Crippen LogP contribution in [0.5, 0.6) is 0 Å². The van der Waals surface area contributed by atoms with E-state index in [0.717, 1.165) is 5.56 Å². The van der Waals surface area contributed by atoms with Crippen LogP contribution in [0.4, 0.5) is 4.79 Å². The molecule has 0 aliphatic rings. The van der Waals surface area contributed by atoms with Crippen molar-refractivity contribution >= 4 is 23.9 Å². The lowest BCUT2D eigenvalue weighted by atomic mass is 9.99. The molecule has 10 heteroatoms. The molecule has 4 N–H and O–H groups in total. The molecule has 192 valence electrons. The highest BCUT2D eigenvalue weighted by Crippen LogP contribution is 2.10. The van der Waals surface area contributed by atoms with Gasteiger partial charge in [-0.25, -0.2) is 9.59 Å². The average Bonchev–Trinajstić information content (AvgIpc) is 2.85. The largest absolute Gasteiger partial charge is 0.462 e. The number of esters is 1. The number of alkyl carbamates (subject to hydrolysis) is 1. The van der Waals surface area contributed by atoms with Gasteiger partial charge in [0.05, 0.1) is 19.1 Å². The first-order chi connectivity index (χ1) is 16.8. The molecule has 0 saturated heterocycles. The Balaban J connectivity index is 2.45. The molecular weight excluding hydrogens is 454 g/mol. The number of ether oxygens (including phenoxy) is 2. The van der Waals surface area contributed by atoms with Crippen molar-refractivity contribution in [3.8, 4) is 0 Å². The maximum absolute atomic E-state index is 12.4. The number of carbonyl (C=O) groups is 4. The fraction of sp³-hybridized carbons (Fsp3) is 0.440. The number of carbonyl (C=O) groups excluding carboxylic acids is 4. The van der Waals surface area contributed by atoms with Crippen molar-refractivity contribution in [1.29, 1.82) is 0 Å². The number of amides is 3. The molecule has 0 fully saturated rings. The average molecular weight is 490 g/mol. The maximum Gasteiger partial charge on any atom is 0.408 e. The van der Waals surface area contributed by atoms with Gasteiger partial charge in [0.2, 0.25) is 11.8 Å². The van der Waals surface area contributed by atoms with Crippen molar-refractivity contribution in [2.45, 2.75) is 44.9 Å². The Bertz CT molecular complexity index is 845. The van der Waals surface area contributed by atoms with E-state index in [9.17, 15) is 19.2 Å². The van der Waals surface area contributed by atoms with Gasteiger partial charge in [-0.2, -0.15) is 0 Å². The number of hydrogen-bond donors (Lipinski definition) is 4. The summed E-state index contributed by atoms with van der Waals surface area (Å²) in [7, 11) is 0. The van der Waals surface area contributed by atoms with E-state index in [-0.39, 0.29) is 51.5 Å². The Kier molecular flexibility index (Phi) is 14.2. The van der Waals surface area contributed by atoms with Crippen LogP contribution in [0, 0.1) is 5.92 Å². The summed E-state index contributed by atoms with van der Waals surface area (Å²) in [6, 6.07) is 7.69. The number of rotatable bonds is 16. The standard InChI is InChI=1S/C25H35N3O7/c1-4-9-20(15-22(30)27-18(3)16-29)23(31)26-13-14-34-24(32)21(10-5-2)28-25(33)35-17-19-11-7-6-8-12-19/h4-8,11-12,18,20-21,29H,1-2,9-10,13-17H2,3H3,(H,26,31)(H,27,30)(H,28,33)/t18-,20-,21+/m0/s1. The van der Waals surface area contributed by atoms with E-state index in [1.54, 1.807) is 19.1 Å². The second-order valence-electron chi connectivity index (χ2n) is 7.82. The fourth-order valence-electron chi connectivity index (χ4n) is 2.95. The third-order valence-corrected chi connectivity index (χ3v) is 4.77. The van der Waals surface area contributed by atoms with Gasteiger partial charge < -0.3 is 30.5 Å². The monoisotopic (exact) mass is 489 g/mol. The van der Waals surface area contributed by atoms with Gasteiger partial charge in [0, 0.05) is 12.5 Å². The lowest BCUT2D eigenvalue weighted by Crippen LogP contribution is -2.43. The lowest BCUT2D eigenvalue weighted by Gasteiger charge is -2.18. The van der Waals surface area contributed by atoms with Gasteiger partial charge in [-0.05, 0) is 25.3 Å². The minimum absolute atomic E-state index is 0.0200. The first-order valence-electron chi connectivity index (χ1n) is 11.3. The van der Waals surface area contributed by atoms with Crippen LogP contribution in [0.2, 0.25) is 0 Å². The summed E-state index contributed by atoms with van der Waals surface area (Å²) < 4.78 is 10.3. The van der Waals surface area contributed by atoms with Crippen LogP contribution in [0.15, 0.2) is 55.6 Å². The second-order valence-corrected chi connectivity index (χ2v) is 7.82. The van der Waals surface area contributed by atoms with E-state index < -0.39 is 36.0 Å². The third-order valence-electron chi connectivity index (χ3n) is 4.77. The van der Waals surface area contributed by atoms with Gasteiger partial charge in [-0.15, -0.1) is 13.2 Å². The van der Waals surface area contributed by atoms with Gasteiger partial charge in [-0.3, -0.25) is 9.59 Å². The lowest BCUT2D eigenvalue weighted by molar-refractivity contribution is -0.146. The number of benzene rings is 1. The Morgan fingerprint density at radius 3 is 2.34 bits per heavy atom. The third kappa shape index (κ3) is 12.4. The zero-order chi connectivity index (χ0) is 26.1. The fourth-order valence-corrected chi connectivity index (χ4v) is 2.95. The quantitative estimate of drug-likeness (QED) is 0.157. The molecule has 1 aromatic rings. The summed E-state index contributed by atoms with van der Waals surface area (Å²) >= 11 is 0. The van der Waals surface area contributed by atoms with Gasteiger partial charge in [0.25, 0.3) is 0 Å². The summed E-state index contributed by atoms with van der Waals surface area (Å²) in [5.41, 5.74) is 0.802. The van der Waals surface area contributed by atoms with Crippen LogP contribution in [0.25, 0.3) is 0 Å². The maximum atomic E-state index is 12.4. The minimum Gasteiger partial charge on any atom is -0.462 e. The second kappa shape index (κ2) is 16.9. The van der Waals surface area contributed by atoms with Crippen LogP contribution >= 0.6 is 0 Å². The predicted molar refractivity (Wildman–Crippen MR) is 130 cm³/mol. The zero-order valence-electron chi connectivity index (χ0n) is 20.0. The van der Waals surface area contributed by atoms with Gasteiger partial charge in [0.1, 0.15) is 19.3 Å². The highest BCUT2D eigenvalue weighted by molar-refractivity contribution is 5.86. The smallest absolute Gasteiger partial charge is 0.408 e. The van der Waals surface area contributed by atoms with Crippen LogP contribution in [-0.2, 0) is 30.5 Å². The topological polar surface area (TPSA) is 143 Å². The molecule has 3 amide bonds. The van der Waals surface area contributed by atoms with E-state index in [4.69, 9.17) is 14.6 Å². The Morgan fingerprint density at radius 2 is 1.71 bits per heavy atom. The summed E-state index contributed by atoms with van der Waals surface area (Å²) in [4.78, 5) is 48.8. The van der Waals surface area contributed by atoms with Crippen molar-refractivity contribution in [3.05, 3.63) is 61.2 Å². The molecule has 0 saturated carbocycles. The Hall–Kier alpha value is -3.66. The van der Waals surface area contributed by atoms with Gasteiger partial charge >= 0.3 is 12.1 Å². The van der Waals surface area contributed by atoms with Crippen molar-refractivity contribution in [3.63, 3.8) is 0 Å². The van der Waals surface area contributed by atoms with Crippen LogP contribution < -0.4 is 16.0 Å². The molecule has 1 aromatic carbocycles. The Labute approximate surface area is 205 Å². The molecule has 0 aliphatic carbocycles. The van der Waals surface area contributed by atoms with Crippen molar-refractivity contribution in [1.82, 2.24) is 16.0 Å². The van der Waals surface area contributed by atoms with Crippen molar-refractivity contribution in [2.75, 3.05) is 19.8 Å². The molecule has 10 nitrogen and oxygen atoms in total. The minimum atomic E-state index is -0.989. The summed E-state index contributed by atoms with van der Waals surface area (Å²) in [5.74, 6) is -2.10. The van der Waals surface area contributed by atoms with Crippen LogP contribution in [0.3, 0.4) is 0 Å². The molecule has 0 bridgehead atoms. The first kappa shape index (κ1) is 29.4. The van der Waals surface area contributed by atoms with E-state index in [2.05, 4.69) is 29.1 Å². The molecular formula is C25H35N3O7. The molecule has 0 aromatic heterocycles. The molecule has 35 heavy (non-hydrogen) atoms. The van der Waals surface area contributed by atoms with E-state index >= 15 is 0 Å². The number of aliphatic hydroxyl groups excluding tert-OH is 1. The zero-order valence-corrected chi connectivity index (χ0v) is 20.0. The van der Waals surface area contributed by atoms with Crippen LogP contribution in [-0.4, -0.2) is 60.8 Å². The molecule has 0 aliphatic heterocycles. The predicted octanol–water partition coefficient (Wildman–Crippen LogP) is 1.60. The van der Waals surface area contributed by atoms with Crippen molar-refractivity contribution < 1.29 is 33.8 Å². The number of aliphatic hydroxyl groups is 1. The van der Waals surface area contributed by atoms with E-state index in [0.29, 0.717) is 0 Å². The number of hydrogen-bond acceptors (Lipinski definition) is 7. The highest BCUT2D eigenvalue weighted by Gasteiger charge is 2.23. The number of allylic oxidation sites excluding steroid dienone is 1. The van der Waals surface area contributed by atoms with Crippen molar-refractivity contribution in [2.24, 2.45) is 5.92 Å². The molecule has 0 spiro atoms. The molecule has 3 atom stereocenters. The van der Waals surface area contributed by atoms with Gasteiger partial charge in [0.15, 0.2) is 0 Å². The number of nitrogens with one attached hydrogen (secondary N) is 3. The molecule has 0 radical (unpaired) electrons. The summed E-state index contributed by atoms with van der Waals surface area (Å²) in [6.07, 6.45) is 2.57. The van der Waals surface area contributed by atoms with E-state index in [1.807, 2.05) is 18.2 Å². The normalized spacial score (nSPS) is 12.9. The molecule has 0 heterocycles. The molecule has 1 rings (SSSR count). The highest BCUT2D eigenvalue weighted by atomic mass is 16.6. The SMILES string of the molecule is C=CC[C@@H](CC(=O)N[C@@H](C)CO)C(=O)NCCOC(=O)[C@@H](CC=C)NC(=O)OCc1ccccc1. The first-order valence-corrected chi connectivity index (χ1v) is 11.3. The van der Waals surface area contributed by atoms with Gasteiger partial charge in [-0.1, -0.05) is 42.5 Å². The molecule has 0 unspecified atom stereocenters.